The summed E-state index contributed by atoms with van der Waals surface area (Å²) < 4.78 is 5.47. The number of carbonyl (C=O) groups is 1. The number of hydrogen-bond donors (Lipinski definition) is 0. The van der Waals surface area contributed by atoms with Crippen LogP contribution in [0, 0.1) is 6.92 Å². The van der Waals surface area contributed by atoms with Crippen molar-refractivity contribution in [2.75, 3.05) is 24.5 Å². The number of amides is 1. The molecule has 1 fully saturated rings. The third kappa shape index (κ3) is 3.47. The fourth-order valence-corrected chi connectivity index (χ4v) is 4.06. The van der Waals surface area contributed by atoms with Crippen molar-refractivity contribution in [3.63, 3.8) is 0 Å². The largest absolute Gasteiger partial charge is 0.359 e. The molecule has 5 nitrogen and oxygen atoms in total. The Kier molecular flexibility index (Phi) is 4.94. The van der Waals surface area contributed by atoms with Crippen LogP contribution >= 0.6 is 0 Å². The van der Waals surface area contributed by atoms with Gasteiger partial charge in [0.15, 0.2) is 5.76 Å². The number of likely N-dealkylation sites (tertiary alicyclic amines) is 1. The summed E-state index contributed by atoms with van der Waals surface area (Å²) in [6, 6.07) is 16.5. The minimum absolute atomic E-state index is 0.122. The maximum absolute atomic E-state index is 13.2. The van der Waals surface area contributed by atoms with Crippen LogP contribution in [-0.4, -0.2) is 35.6 Å². The Labute approximate surface area is 159 Å². The Morgan fingerprint density at radius 1 is 1.26 bits per heavy atom. The normalized spacial score (nSPS) is 17.5. The van der Waals surface area contributed by atoms with E-state index in [-0.39, 0.29) is 11.9 Å². The van der Waals surface area contributed by atoms with Gasteiger partial charge in [-0.25, -0.2) is 0 Å². The van der Waals surface area contributed by atoms with Crippen LogP contribution in [0.3, 0.4) is 0 Å². The lowest BCUT2D eigenvalue weighted by atomic mass is 10.1. The summed E-state index contributed by atoms with van der Waals surface area (Å²) in [6.07, 6.45) is 2.07. The average molecular weight is 363 g/mol. The molecule has 4 rings (SSSR count). The summed E-state index contributed by atoms with van der Waals surface area (Å²) in [5.41, 5.74) is 1.86. The zero-order valence-corrected chi connectivity index (χ0v) is 15.9. The molecule has 1 atom stereocenters. The monoisotopic (exact) mass is 363 g/mol. The molecule has 0 spiro atoms. The SMILES string of the molecule is CCN(C(=O)CN1CCC[C@@H]1c1cc(C)no1)c1cccc2ccccc12. The second kappa shape index (κ2) is 7.53. The number of hydrogen-bond acceptors (Lipinski definition) is 4. The van der Waals surface area contributed by atoms with Crippen molar-refractivity contribution in [2.45, 2.75) is 32.7 Å². The van der Waals surface area contributed by atoms with Crippen LogP contribution in [-0.2, 0) is 4.79 Å². The number of benzene rings is 2. The topological polar surface area (TPSA) is 49.6 Å². The maximum Gasteiger partial charge on any atom is 0.241 e. The quantitative estimate of drug-likeness (QED) is 0.677. The van der Waals surface area contributed by atoms with E-state index in [1.807, 2.05) is 49.1 Å². The summed E-state index contributed by atoms with van der Waals surface area (Å²) in [6.45, 7) is 5.90. The second-order valence-corrected chi connectivity index (χ2v) is 7.14. The summed E-state index contributed by atoms with van der Waals surface area (Å²) >= 11 is 0. The Balaban J connectivity index is 1.57. The van der Waals surface area contributed by atoms with Gasteiger partial charge in [0, 0.05) is 18.0 Å². The number of aromatic nitrogens is 1. The van der Waals surface area contributed by atoms with Gasteiger partial charge in [-0.15, -0.1) is 0 Å². The highest BCUT2D eigenvalue weighted by atomic mass is 16.5. The molecule has 0 N–H and O–H groups in total. The number of carbonyl (C=O) groups excluding carboxylic acids is 1. The molecule has 1 aliphatic heterocycles. The molecular weight excluding hydrogens is 338 g/mol. The number of anilines is 1. The van der Waals surface area contributed by atoms with Gasteiger partial charge in [-0.3, -0.25) is 9.69 Å². The lowest BCUT2D eigenvalue weighted by molar-refractivity contribution is -0.120. The summed E-state index contributed by atoms with van der Waals surface area (Å²) in [7, 11) is 0. The standard InChI is InChI=1S/C22H25N3O2/c1-3-25(19-11-6-9-17-8-4-5-10-18(17)19)22(26)15-24-13-7-12-20(24)21-14-16(2)23-27-21/h4-6,8-11,14,20H,3,7,12-13,15H2,1-2H3/t20-/m1/s1. The van der Waals surface area contributed by atoms with Gasteiger partial charge in [-0.1, -0.05) is 41.6 Å². The van der Waals surface area contributed by atoms with Crippen molar-refractivity contribution in [2.24, 2.45) is 0 Å². The number of likely N-dealkylation sites (N-methyl/N-ethyl adjacent to an activating group) is 1. The first-order chi connectivity index (χ1) is 13.2. The van der Waals surface area contributed by atoms with Gasteiger partial charge in [0.2, 0.25) is 5.91 Å². The zero-order valence-electron chi connectivity index (χ0n) is 15.9. The third-order valence-corrected chi connectivity index (χ3v) is 5.35. The van der Waals surface area contributed by atoms with Crippen LogP contribution in [0.25, 0.3) is 10.8 Å². The molecule has 140 valence electrons. The van der Waals surface area contributed by atoms with E-state index in [1.54, 1.807) is 0 Å². The first-order valence-corrected chi connectivity index (χ1v) is 9.62. The molecule has 1 saturated heterocycles. The van der Waals surface area contributed by atoms with Crippen LogP contribution in [0.15, 0.2) is 53.1 Å². The van der Waals surface area contributed by atoms with Crippen LogP contribution in [0.5, 0.6) is 0 Å². The molecule has 27 heavy (non-hydrogen) atoms. The Morgan fingerprint density at radius 2 is 2.07 bits per heavy atom. The zero-order chi connectivity index (χ0) is 18.8. The predicted octanol–water partition coefficient (Wildman–Crippen LogP) is 4.33. The van der Waals surface area contributed by atoms with Crippen LogP contribution < -0.4 is 4.90 Å². The highest BCUT2D eigenvalue weighted by Gasteiger charge is 2.31. The molecule has 1 aromatic heterocycles. The highest BCUT2D eigenvalue weighted by Crippen LogP contribution is 2.33. The van der Waals surface area contributed by atoms with Gasteiger partial charge in [0.05, 0.1) is 24.0 Å². The van der Waals surface area contributed by atoms with Gasteiger partial charge in [0.25, 0.3) is 0 Å². The molecule has 0 bridgehead atoms. The molecular formula is C22H25N3O2. The fraction of sp³-hybridized carbons (Fsp3) is 0.364. The summed E-state index contributed by atoms with van der Waals surface area (Å²) in [5.74, 6) is 0.989. The van der Waals surface area contributed by atoms with Crippen molar-refractivity contribution in [3.05, 3.63) is 60.0 Å². The molecule has 2 aromatic carbocycles. The van der Waals surface area contributed by atoms with E-state index in [0.29, 0.717) is 13.1 Å². The Hall–Kier alpha value is -2.66. The number of fused-ring (bicyclic) bond motifs is 1. The van der Waals surface area contributed by atoms with Gasteiger partial charge in [-0.2, -0.15) is 0 Å². The molecule has 0 radical (unpaired) electrons. The molecule has 0 aliphatic carbocycles. The fourth-order valence-electron chi connectivity index (χ4n) is 4.06. The van der Waals surface area contributed by atoms with E-state index >= 15 is 0 Å². The highest BCUT2D eigenvalue weighted by molar-refractivity contribution is 6.04. The van der Waals surface area contributed by atoms with Crippen LogP contribution in [0.1, 0.15) is 37.3 Å². The molecule has 1 amide bonds. The van der Waals surface area contributed by atoms with Crippen LogP contribution in [0.2, 0.25) is 0 Å². The summed E-state index contributed by atoms with van der Waals surface area (Å²) in [5, 5.41) is 6.27. The van der Waals surface area contributed by atoms with Gasteiger partial charge >= 0.3 is 0 Å². The number of nitrogens with zero attached hydrogens (tertiary/aromatic N) is 3. The minimum Gasteiger partial charge on any atom is -0.359 e. The van der Waals surface area contributed by atoms with Crippen molar-refractivity contribution in [1.82, 2.24) is 10.1 Å². The van der Waals surface area contributed by atoms with Crippen LogP contribution in [0.4, 0.5) is 5.69 Å². The first-order valence-electron chi connectivity index (χ1n) is 9.62. The number of aryl methyl sites for hydroxylation is 1. The molecule has 0 saturated carbocycles. The molecule has 0 unspecified atom stereocenters. The lowest BCUT2D eigenvalue weighted by Crippen LogP contribution is -2.40. The predicted molar refractivity (Wildman–Crippen MR) is 107 cm³/mol. The van der Waals surface area contributed by atoms with E-state index in [9.17, 15) is 4.79 Å². The van der Waals surface area contributed by atoms with E-state index in [1.165, 1.54) is 0 Å². The summed E-state index contributed by atoms with van der Waals surface area (Å²) in [4.78, 5) is 17.3. The first kappa shape index (κ1) is 17.7. The molecule has 2 heterocycles. The lowest BCUT2D eigenvalue weighted by Gasteiger charge is -2.27. The average Bonchev–Trinajstić information content (AvgIpc) is 3.31. The maximum atomic E-state index is 13.2. The van der Waals surface area contributed by atoms with E-state index in [2.05, 4.69) is 28.3 Å². The number of rotatable bonds is 5. The van der Waals surface area contributed by atoms with Crippen molar-refractivity contribution >= 4 is 22.4 Å². The van der Waals surface area contributed by atoms with Crippen molar-refractivity contribution in [3.8, 4) is 0 Å². The smallest absolute Gasteiger partial charge is 0.241 e. The Morgan fingerprint density at radius 3 is 2.85 bits per heavy atom. The molecule has 1 aliphatic rings. The van der Waals surface area contributed by atoms with Gasteiger partial charge in [-0.05, 0) is 44.7 Å². The van der Waals surface area contributed by atoms with Crippen molar-refractivity contribution in [1.29, 1.82) is 0 Å². The van der Waals surface area contributed by atoms with Crippen molar-refractivity contribution < 1.29 is 9.32 Å². The second-order valence-electron chi connectivity index (χ2n) is 7.14. The van der Waals surface area contributed by atoms with E-state index in [0.717, 1.165) is 47.3 Å². The minimum atomic E-state index is 0.122. The van der Waals surface area contributed by atoms with E-state index in [4.69, 9.17) is 4.52 Å². The van der Waals surface area contributed by atoms with Gasteiger partial charge < -0.3 is 9.42 Å². The molecule has 5 heteroatoms. The molecule has 3 aromatic rings. The Bertz CT molecular complexity index is 944. The van der Waals surface area contributed by atoms with Gasteiger partial charge in [0.1, 0.15) is 0 Å². The third-order valence-electron chi connectivity index (χ3n) is 5.35. The van der Waals surface area contributed by atoms with E-state index < -0.39 is 0 Å².